The highest BCUT2D eigenvalue weighted by Gasteiger charge is 2.57. The van der Waals surface area contributed by atoms with E-state index in [2.05, 4.69) is 15.9 Å². The third kappa shape index (κ3) is 3.57. The summed E-state index contributed by atoms with van der Waals surface area (Å²) in [7, 11) is 0. The second-order valence-electron chi connectivity index (χ2n) is 9.89. The number of Topliss-reactive ketones (excluding diaryl/α,β-unsaturated/α-hetero) is 1. The summed E-state index contributed by atoms with van der Waals surface area (Å²) in [5, 5.41) is 9.56. The minimum absolute atomic E-state index is 0.178. The van der Waals surface area contributed by atoms with Gasteiger partial charge in [-0.1, -0.05) is 30.7 Å². The van der Waals surface area contributed by atoms with Crippen LogP contribution in [0, 0.1) is 17.8 Å². The molecular weight excluding hydrogens is 538 g/mol. The number of imide groups is 1. The molecule has 1 fully saturated rings. The molecule has 0 unspecified atom stereocenters. The predicted octanol–water partition coefficient (Wildman–Crippen LogP) is 4.30. The third-order valence-corrected chi connectivity index (χ3v) is 8.65. The van der Waals surface area contributed by atoms with Crippen LogP contribution >= 0.6 is 15.9 Å². The molecular formula is C29H24BrNO6. The Morgan fingerprint density at radius 1 is 1.03 bits per heavy atom. The highest BCUT2D eigenvalue weighted by atomic mass is 79.9. The van der Waals surface area contributed by atoms with E-state index in [1.807, 2.05) is 25.1 Å². The number of fused-ring (bicyclic) bond motifs is 3. The first-order chi connectivity index (χ1) is 17.8. The summed E-state index contributed by atoms with van der Waals surface area (Å²) in [4.78, 5) is 55.1. The average Bonchev–Trinajstić information content (AvgIpc) is 3.48. The van der Waals surface area contributed by atoms with E-state index < -0.39 is 23.7 Å². The Hall–Kier alpha value is -3.36. The molecule has 1 aromatic carbocycles. The number of carbonyl (C=O) groups excluding carboxylic acids is 4. The Kier molecular flexibility index (Phi) is 5.76. The molecule has 1 aliphatic heterocycles. The minimum Gasteiger partial charge on any atom is -0.463 e. The van der Waals surface area contributed by atoms with Crippen molar-refractivity contribution in [3.63, 3.8) is 0 Å². The third-order valence-electron chi connectivity index (χ3n) is 8.06. The van der Waals surface area contributed by atoms with Gasteiger partial charge < -0.3 is 9.52 Å². The molecule has 3 aliphatic carbocycles. The molecule has 0 spiro atoms. The van der Waals surface area contributed by atoms with Crippen LogP contribution in [0.2, 0.25) is 0 Å². The van der Waals surface area contributed by atoms with Crippen LogP contribution in [0.3, 0.4) is 0 Å². The molecule has 7 nitrogen and oxygen atoms in total. The maximum atomic E-state index is 13.9. The molecule has 0 radical (unpaired) electrons. The summed E-state index contributed by atoms with van der Waals surface area (Å²) in [6.07, 6.45) is 4.63. The van der Waals surface area contributed by atoms with Crippen molar-refractivity contribution in [1.82, 2.24) is 0 Å². The molecule has 1 saturated heterocycles. The summed E-state index contributed by atoms with van der Waals surface area (Å²) >= 11 is 3.22. The summed E-state index contributed by atoms with van der Waals surface area (Å²) in [6.45, 7) is 1.74. The normalized spacial score (nSPS) is 27.2. The number of nitrogens with zero attached hydrogens (tertiary/aromatic N) is 1. The monoisotopic (exact) mass is 561 g/mol. The number of hydrogen-bond donors (Lipinski definition) is 1. The lowest BCUT2D eigenvalue weighted by Crippen LogP contribution is -2.39. The van der Waals surface area contributed by atoms with Gasteiger partial charge in [-0.2, -0.15) is 0 Å². The highest BCUT2D eigenvalue weighted by molar-refractivity contribution is 9.12. The maximum absolute atomic E-state index is 13.9. The number of ketones is 2. The number of aryl methyl sites for hydroxylation is 1. The van der Waals surface area contributed by atoms with Crippen molar-refractivity contribution in [2.45, 2.75) is 38.7 Å². The second-order valence-corrected chi connectivity index (χ2v) is 10.7. The van der Waals surface area contributed by atoms with Gasteiger partial charge in [0.1, 0.15) is 18.1 Å². The average molecular weight is 562 g/mol. The van der Waals surface area contributed by atoms with E-state index in [9.17, 15) is 24.3 Å². The number of hydrogen-bond acceptors (Lipinski definition) is 6. The SMILES string of the molecule is CCc1ccc(N2C(=O)[C@H]3[C@H](CC=C4[C@H](c5ccc(CO)o5)C5=C(C[C@H]43)C(=O)C(Br)=CC5=O)C2=O)cc1. The van der Waals surface area contributed by atoms with Crippen LogP contribution in [0.15, 0.2) is 74.2 Å². The number of aliphatic hydroxyl groups excluding tert-OH is 1. The largest absolute Gasteiger partial charge is 0.463 e. The molecule has 4 atom stereocenters. The lowest BCUT2D eigenvalue weighted by molar-refractivity contribution is -0.123. The molecule has 0 bridgehead atoms. The van der Waals surface area contributed by atoms with E-state index in [1.54, 1.807) is 24.3 Å². The Bertz CT molecular complexity index is 1460. The molecule has 188 valence electrons. The summed E-state index contributed by atoms with van der Waals surface area (Å²) in [5.74, 6) is -2.60. The fourth-order valence-corrected chi connectivity index (χ4v) is 6.75. The number of rotatable bonds is 4. The van der Waals surface area contributed by atoms with Crippen molar-refractivity contribution in [3.05, 3.63) is 86.8 Å². The highest BCUT2D eigenvalue weighted by Crippen LogP contribution is 2.55. The van der Waals surface area contributed by atoms with Crippen LogP contribution in [0.1, 0.15) is 42.8 Å². The van der Waals surface area contributed by atoms with E-state index in [-0.39, 0.29) is 40.9 Å². The van der Waals surface area contributed by atoms with Gasteiger partial charge in [-0.05, 0) is 70.9 Å². The van der Waals surface area contributed by atoms with E-state index in [0.717, 1.165) is 17.6 Å². The van der Waals surface area contributed by atoms with Crippen LogP contribution in [-0.2, 0) is 32.2 Å². The van der Waals surface area contributed by atoms with Gasteiger partial charge in [-0.3, -0.25) is 24.1 Å². The number of amides is 2. The second kappa shape index (κ2) is 8.89. The summed E-state index contributed by atoms with van der Waals surface area (Å²) in [5.41, 5.74) is 3.16. The molecule has 0 saturated carbocycles. The molecule has 2 heterocycles. The lowest BCUT2D eigenvalue weighted by atomic mass is 9.60. The van der Waals surface area contributed by atoms with Crippen molar-refractivity contribution < 1.29 is 28.7 Å². The maximum Gasteiger partial charge on any atom is 0.238 e. The quantitative estimate of drug-likeness (QED) is 0.339. The molecule has 8 heteroatoms. The van der Waals surface area contributed by atoms with E-state index in [0.29, 0.717) is 34.8 Å². The van der Waals surface area contributed by atoms with Gasteiger partial charge in [-0.25, -0.2) is 0 Å². The van der Waals surface area contributed by atoms with Gasteiger partial charge >= 0.3 is 0 Å². The topological polar surface area (TPSA) is 105 Å². The molecule has 1 N–H and O–H groups in total. The van der Waals surface area contributed by atoms with Crippen molar-refractivity contribution in [1.29, 1.82) is 0 Å². The zero-order valence-electron chi connectivity index (χ0n) is 20.1. The van der Waals surface area contributed by atoms with Crippen LogP contribution < -0.4 is 4.90 Å². The van der Waals surface area contributed by atoms with Crippen LogP contribution in [-0.4, -0.2) is 28.5 Å². The molecule has 2 aromatic rings. The van der Waals surface area contributed by atoms with Crippen LogP contribution in [0.4, 0.5) is 5.69 Å². The zero-order chi connectivity index (χ0) is 26.0. The van der Waals surface area contributed by atoms with Crippen molar-refractivity contribution >= 4 is 45.0 Å². The van der Waals surface area contributed by atoms with Crippen LogP contribution in [0.25, 0.3) is 0 Å². The van der Waals surface area contributed by atoms with Gasteiger partial charge in [0.15, 0.2) is 11.6 Å². The number of anilines is 1. The van der Waals surface area contributed by atoms with Gasteiger partial charge in [-0.15, -0.1) is 0 Å². The van der Waals surface area contributed by atoms with Crippen molar-refractivity contribution in [3.8, 4) is 0 Å². The first-order valence-electron chi connectivity index (χ1n) is 12.4. The van der Waals surface area contributed by atoms with Crippen LogP contribution in [0.5, 0.6) is 0 Å². The number of allylic oxidation sites excluding steroid dienone is 6. The smallest absolute Gasteiger partial charge is 0.238 e. The van der Waals surface area contributed by atoms with Gasteiger partial charge in [0.2, 0.25) is 11.8 Å². The number of furan rings is 1. The molecule has 37 heavy (non-hydrogen) atoms. The molecule has 2 amide bonds. The number of aliphatic hydroxyl groups is 1. The Balaban J connectivity index is 1.45. The fraction of sp³-hybridized carbons (Fsp3) is 0.310. The number of halogens is 1. The number of carbonyl (C=O) groups is 4. The fourth-order valence-electron chi connectivity index (χ4n) is 6.30. The van der Waals surface area contributed by atoms with Gasteiger partial charge in [0, 0.05) is 17.2 Å². The molecule has 1 aromatic heterocycles. The summed E-state index contributed by atoms with van der Waals surface area (Å²) < 4.78 is 6.05. The van der Waals surface area contributed by atoms with Gasteiger partial charge in [0.05, 0.1) is 27.9 Å². The van der Waals surface area contributed by atoms with Gasteiger partial charge in [0.25, 0.3) is 0 Å². The lowest BCUT2D eigenvalue weighted by Gasteiger charge is -2.41. The summed E-state index contributed by atoms with van der Waals surface area (Å²) in [6, 6.07) is 10.8. The number of benzene rings is 1. The van der Waals surface area contributed by atoms with Crippen molar-refractivity contribution in [2.75, 3.05) is 4.90 Å². The van der Waals surface area contributed by atoms with E-state index in [1.165, 1.54) is 11.0 Å². The van der Waals surface area contributed by atoms with Crippen molar-refractivity contribution in [2.24, 2.45) is 17.8 Å². The predicted molar refractivity (Wildman–Crippen MR) is 138 cm³/mol. The Morgan fingerprint density at radius 3 is 2.46 bits per heavy atom. The Labute approximate surface area is 221 Å². The first-order valence-corrected chi connectivity index (χ1v) is 13.2. The standard InChI is InChI=1S/C29H24BrNO6/c1-2-14-3-5-15(6-4-14)31-28(35)18-9-8-17-19(24(18)29(31)36)11-20-25(22(33)12-21(30)27(20)34)26(17)23-10-7-16(13-32)37-23/h3-8,10,12,18-19,24,26,32H,2,9,11,13H2,1H3/t18-,19+,24-,26+/m0/s1. The first kappa shape index (κ1) is 24.0. The van der Waals surface area contributed by atoms with E-state index >= 15 is 0 Å². The molecule has 4 aliphatic rings. The Morgan fingerprint density at radius 2 is 1.78 bits per heavy atom. The minimum atomic E-state index is -0.663. The zero-order valence-corrected chi connectivity index (χ0v) is 21.7. The van der Waals surface area contributed by atoms with E-state index in [4.69, 9.17) is 4.42 Å². The molecule has 6 rings (SSSR count).